The maximum absolute atomic E-state index is 13.4. The first kappa shape index (κ1) is 16.6. The first-order valence-electron chi connectivity index (χ1n) is 8.37. The molecule has 1 aliphatic heterocycles. The Labute approximate surface area is 155 Å². The summed E-state index contributed by atoms with van der Waals surface area (Å²) in [4.78, 5) is 19.5. The molecule has 5 nitrogen and oxygen atoms in total. The number of rotatable bonds is 3. The van der Waals surface area contributed by atoms with Gasteiger partial charge in [-0.25, -0.2) is 4.98 Å². The van der Waals surface area contributed by atoms with Crippen molar-refractivity contribution in [2.75, 3.05) is 4.90 Å². The summed E-state index contributed by atoms with van der Waals surface area (Å²) in [5, 5.41) is 2.54. The Bertz CT molecular complexity index is 926. The first-order valence-corrected chi connectivity index (χ1v) is 9.25. The molecule has 132 valence electrons. The fourth-order valence-corrected chi connectivity index (χ4v) is 3.70. The van der Waals surface area contributed by atoms with E-state index in [9.17, 15) is 4.79 Å². The normalized spacial score (nSPS) is 18.4. The summed E-state index contributed by atoms with van der Waals surface area (Å²) in [5.41, 5.74) is 1.62. The second-order valence-electron chi connectivity index (χ2n) is 6.09. The molecule has 0 aliphatic carbocycles. The second kappa shape index (κ2) is 6.80. The number of para-hydroxylation sites is 3. The largest absolute Gasteiger partial charge is 0.482 e. The summed E-state index contributed by atoms with van der Waals surface area (Å²) in [6, 6.07) is 16.9. The molecule has 26 heavy (non-hydrogen) atoms. The molecule has 0 radical (unpaired) electrons. The molecular formula is C20H18N2O3S. The molecule has 0 bridgehead atoms. The average molecular weight is 366 g/mol. The average Bonchev–Trinajstić information content (AvgIpc) is 3.08. The van der Waals surface area contributed by atoms with E-state index in [4.69, 9.17) is 9.47 Å². The summed E-state index contributed by atoms with van der Waals surface area (Å²) in [6.07, 6.45) is -1.17. The molecule has 0 fully saturated rings. The van der Waals surface area contributed by atoms with Crippen molar-refractivity contribution in [2.45, 2.75) is 26.1 Å². The van der Waals surface area contributed by atoms with Gasteiger partial charge in [0.25, 0.3) is 5.91 Å². The number of thiazole rings is 1. The highest BCUT2D eigenvalue weighted by Crippen LogP contribution is 2.36. The van der Waals surface area contributed by atoms with Crippen molar-refractivity contribution in [3.05, 3.63) is 65.7 Å². The molecule has 4 rings (SSSR count). The highest BCUT2D eigenvalue weighted by atomic mass is 32.1. The van der Waals surface area contributed by atoms with E-state index in [2.05, 4.69) is 4.98 Å². The van der Waals surface area contributed by atoms with Crippen LogP contribution in [0.5, 0.6) is 11.5 Å². The number of benzene rings is 2. The van der Waals surface area contributed by atoms with Crippen LogP contribution in [0.15, 0.2) is 60.0 Å². The number of ether oxygens (including phenoxy) is 2. The van der Waals surface area contributed by atoms with E-state index in [1.165, 1.54) is 11.3 Å². The van der Waals surface area contributed by atoms with E-state index >= 15 is 0 Å². The van der Waals surface area contributed by atoms with Gasteiger partial charge in [0.15, 0.2) is 16.6 Å². The van der Waals surface area contributed by atoms with E-state index in [-0.39, 0.29) is 5.91 Å². The van der Waals surface area contributed by atoms with Crippen LogP contribution in [0.4, 0.5) is 10.8 Å². The van der Waals surface area contributed by atoms with Crippen molar-refractivity contribution in [3.63, 3.8) is 0 Å². The van der Waals surface area contributed by atoms with Crippen molar-refractivity contribution in [2.24, 2.45) is 0 Å². The minimum Gasteiger partial charge on any atom is -0.482 e. The number of amides is 1. The topological polar surface area (TPSA) is 51.7 Å². The fraction of sp³-hybridized carbons (Fsp3) is 0.200. The molecule has 2 unspecified atom stereocenters. The summed E-state index contributed by atoms with van der Waals surface area (Å²) in [5.74, 6) is 1.03. The zero-order chi connectivity index (χ0) is 18.1. The van der Waals surface area contributed by atoms with E-state index in [1.54, 1.807) is 4.90 Å². The van der Waals surface area contributed by atoms with Gasteiger partial charge in [0.05, 0.1) is 11.4 Å². The molecule has 0 spiro atoms. The maximum atomic E-state index is 13.4. The summed E-state index contributed by atoms with van der Waals surface area (Å²) in [6.45, 7) is 3.75. The van der Waals surface area contributed by atoms with Crippen LogP contribution in [-0.4, -0.2) is 23.1 Å². The molecule has 0 saturated heterocycles. The lowest BCUT2D eigenvalue weighted by molar-refractivity contribution is -0.129. The Hall–Kier alpha value is -2.86. The summed E-state index contributed by atoms with van der Waals surface area (Å²) in [7, 11) is 0. The minimum absolute atomic E-state index is 0.201. The predicted molar refractivity (Wildman–Crippen MR) is 101 cm³/mol. The molecule has 2 aromatic carbocycles. The smallest absolute Gasteiger partial charge is 0.278 e. The highest BCUT2D eigenvalue weighted by molar-refractivity contribution is 7.14. The van der Waals surface area contributed by atoms with E-state index < -0.39 is 12.2 Å². The lowest BCUT2D eigenvalue weighted by Gasteiger charge is -2.33. The van der Waals surface area contributed by atoms with E-state index in [0.717, 1.165) is 11.4 Å². The molecule has 2 heterocycles. The molecule has 0 saturated carbocycles. The first-order chi connectivity index (χ1) is 12.6. The zero-order valence-electron chi connectivity index (χ0n) is 14.5. The zero-order valence-corrected chi connectivity index (χ0v) is 15.3. The van der Waals surface area contributed by atoms with Crippen molar-refractivity contribution < 1.29 is 14.3 Å². The molecule has 2 atom stereocenters. The maximum Gasteiger partial charge on any atom is 0.278 e. The van der Waals surface area contributed by atoms with Gasteiger partial charge in [-0.1, -0.05) is 30.3 Å². The van der Waals surface area contributed by atoms with Gasteiger partial charge in [-0.3, -0.25) is 9.69 Å². The molecule has 1 aromatic heterocycles. The van der Waals surface area contributed by atoms with Gasteiger partial charge in [0.2, 0.25) is 6.10 Å². The second-order valence-corrected chi connectivity index (χ2v) is 6.93. The van der Waals surface area contributed by atoms with Crippen LogP contribution in [0.1, 0.15) is 12.6 Å². The number of nitrogens with zero attached hydrogens (tertiary/aromatic N) is 2. The predicted octanol–water partition coefficient (Wildman–Crippen LogP) is 4.34. The standard InChI is InChI=1S/C20H18N2O3S/c1-13-12-26-20(21-13)22(15-8-4-3-5-9-15)19(23)18-14(2)24-16-10-6-7-11-17(16)25-18/h3-12,14,18H,1-2H3. The van der Waals surface area contributed by atoms with Crippen LogP contribution >= 0.6 is 11.3 Å². The molecule has 0 N–H and O–H groups in total. The Morgan fingerprint density at radius 2 is 1.69 bits per heavy atom. The Morgan fingerprint density at radius 1 is 1.04 bits per heavy atom. The Balaban J connectivity index is 1.71. The number of carbonyl (C=O) groups is 1. The number of aromatic nitrogens is 1. The van der Waals surface area contributed by atoms with Crippen LogP contribution in [0.3, 0.4) is 0 Å². The summed E-state index contributed by atoms with van der Waals surface area (Å²) >= 11 is 1.43. The summed E-state index contributed by atoms with van der Waals surface area (Å²) < 4.78 is 11.9. The Morgan fingerprint density at radius 3 is 2.35 bits per heavy atom. The molecular weight excluding hydrogens is 348 g/mol. The van der Waals surface area contributed by atoms with E-state index in [0.29, 0.717) is 16.6 Å². The fourth-order valence-electron chi connectivity index (χ4n) is 2.87. The molecule has 1 amide bonds. The van der Waals surface area contributed by atoms with Crippen molar-refractivity contribution in [3.8, 4) is 11.5 Å². The SMILES string of the molecule is Cc1csc(N(C(=O)C2Oc3ccccc3OC2C)c2ccccc2)n1. The van der Waals surface area contributed by atoms with Gasteiger partial charge in [-0.15, -0.1) is 11.3 Å². The van der Waals surface area contributed by atoms with Gasteiger partial charge >= 0.3 is 0 Å². The highest BCUT2D eigenvalue weighted by Gasteiger charge is 2.38. The molecule has 1 aliphatic rings. The van der Waals surface area contributed by atoms with Crippen LogP contribution in [0, 0.1) is 6.92 Å². The third kappa shape index (κ3) is 3.04. The molecule has 6 heteroatoms. The van der Waals surface area contributed by atoms with Gasteiger partial charge < -0.3 is 9.47 Å². The third-order valence-electron chi connectivity index (χ3n) is 4.12. The van der Waals surface area contributed by atoms with Crippen LogP contribution < -0.4 is 14.4 Å². The number of carbonyl (C=O) groups excluding carboxylic acids is 1. The third-order valence-corrected chi connectivity index (χ3v) is 5.06. The molecule has 3 aromatic rings. The van der Waals surface area contributed by atoms with Gasteiger partial charge in [-0.05, 0) is 38.1 Å². The van der Waals surface area contributed by atoms with Gasteiger partial charge in [0, 0.05) is 5.38 Å². The number of hydrogen-bond acceptors (Lipinski definition) is 5. The van der Waals surface area contributed by atoms with Crippen LogP contribution in [0.25, 0.3) is 0 Å². The number of hydrogen-bond donors (Lipinski definition) is 0. The van der Waals surface area contributed by atoms with Gasteiger partial charge in [-0.2, -0.15) is 0 Å². The van der Waals surface area contributed by atoms with E-state index in [1.807, 2.05) is 73.8 Å². The number of aryl methyl sites for hydroxylation is 1. The van der Waals surface area contributed by atoms with Crippen molar-refractivity contribution in [1.82, 2.24) is 4.98 Å². The lowest BCUT2D eigenvalue weighted by atomic mass is 10.1. The number of anilines is 2. The quantitative estimate of drug-likeness (QED) is 0.692. The number of fused-ring (bicyclic) bond motifs is 1. The van der Waals surface area contributed by atoms with Gasteiger partial charge in [0.1, 0.15) is 6.10 Å². The van der Waals surface area contributed by atoms with Crippen LogP contribution in [-0.2, 0) is 4.79 Å². The monoisotopic (exact) mass is 366 g/mol. The lowest BCUT2D eigenvalue weighted by Crippen LogP contribution is -2.49. The minimum atomic E-state index is -0.755. The van der Waals surface area contributed by atoms with Crippen molar-refractivity contribution in [1.29, 1.82) is 0 Å². The van der Waals surface area contributed by atoms with Crippen molar-refractivity contribution >= 4 is 28.1 Å². The Kier molecular flexibility index (Phi) is 4.34. The van der Waals surface area contributed by atoms with Crippen LogP contribution in [0.2, 0.25) is 0 Å².